The lowest BCUT2D eigenvalue weighted by Gasteiger charge is -2.01. The lowest BCUT2D eigenvalue weighted by molar-refractivity contribution is -0.387. The van der Waals surface area contributed by atoms with Crippen LogP contribution in [0.3, 0.4) is 0 Å². The second-order valence-corrected chi connectivity index (χ2v) is 2.23. The maximum Gasteiger partial charge on any atom is 0.306 e. The zero-order valence-electron chi connectivity index (χ0n) is 6.78. The summed E-state index contributed by atoms with van der Waals surface area (Å²) in [5.74, 6) is -0.869. The minimum Gasteiger partial charge on any atom is -0.279 e. The summed E-state index contributed by atoms with van der Waals surface area (Å²) in [5.41, 5.74) is 2.11. The van der Waals surface area contributed by atoms with Gasteiger partial charge in [0, 0.05) is 6.07 Å². The summed E-state index contributed by atoms with van der Waals surface area (Å²) in [4.78, 5) is 14.0. The molecule has 0 spiro atoms. The zero-order chi connectivity index (χ0) is 9.84. The Bertz CT molecular complexity index is 330. The van der Waals surface area contributed by atoms with Gasteiger partial charge < -0.3 is 0 Å². The highest BCUT2D eigenvalue weighted by molar-refractivity contribution is 5.50. The van der Waals surface area contributed by atoms with Crippen LogP contribution in [0.4, 0.5) is 15.8 Å². The molecule has 0 aliphatic heterocycles. The Balaban J connectivity index is 3.04. The van der Waals surface area contributed by atoms with Gasteiger partial charge in [0.2, 0.25) is 5.82 Å². The number of nitrogens with one attached hydrogen (secondary N) is 1. The number of anilines is 1. The van der Waals surface area contributed by atoms with E-state index in [4.69, 9.17) is 0 Å². The highest BCUT2D eigenvalue weighted by atomic mass is 19.1. The van der Waals surface area contributed by atoms with E-state index in [2.05, 4.69) is 10.3 Å². The lowest BCUT2D eigenvalue weighted by atomic mass is 10.3. The highest BCUT2D eigenvalue weighted by Crippen LogP contribution is 2.21. The molecular formula is C7H7FN2O3. The van der Waals surface area contributed by atoms with Crippen LogP contribution in [-0.2, 0) is 4.84 Å². The molecule has 5 nitrogen and oxygen atoms in total. The molecule has 1 aromatic carbocycles. The van der Waals surface area contributed by atoms with Crippen LogP contribution in [0, 0.1) is 15.9 Å². The van der Waals surface area contributed by atoms with Gasteiger partial charge in [-0.1, -0.05) is 0 Å². The Morgan fingerprint density at radius 1 is 1.62 bits per heavy atom. The lowest BCUT2D eigenvalue weighted by Crippen LogP contribution is -1.98. The summed E-state index contributed by atoms with van der Waals surface area (Å²) >= 11 is 0. The molecule has 0 fully saturated rings. The number of nitrogens with zero attached hydrogens (tertiary/aromatic N) is 1. The van der Waals surface area contributed by atoms with Gasteiger partial charge in [0.25, 0.3) is 0 Å². The normalized spacial score (nSPS) is 9.69. The van der Waals surface area contributed by atoms with Gasteiger partial charge in [0.1, 0.15) is 0 Å². The molecule has 0 heterocycles. The van der Waals surface area contributed by atoms with Gasteiger partial charge in [-0.25, -0.2) is 0 Å². The Hall–Kier alpha value is -1.69. The third-order valence-corrected chi connectivity index (χ3v) is 1.36. The second-order valence-electron chi connectivity index (χ2n) is 2.23. The maximum atomic E-state index is 12.8. The van der Waals surface area contributed by atoms with Crippen LogP contribution in [0.1, 0.15) is 0 Å². The molecule has 0 bridgehead atoms. The third-order valence-electron chi connectivity index (χ3n) is 1.36. The predicted octanol–water partition coefficient (Wildman–Crippen LogP) is 1.71. The Morgan fingerprint density at radius 3 is 2.85 bits per heavy atom. The molecule has 0 unspecified atom stereocenters. The van der Waals surface area contributed by atoms with Crippen LogP contribution in [0.5, 0.6) is 0 Å². The van der Waals surface area contributed by atoms with Crippen molar-refractivity contribution < 1.29 is 14.2 Å². The molecule has 0 aliphatic carbocycles. The smallest absolute Gasteiger partial charge is 0.279 e. The van der Waals surface area contributed by atoms with Gasteiger partial charge >= 0.3 is 5.69 Å². The summed E-state index contributed by atoms with van der Waals surface area (Å²) in [5, 5.41) is 10.3. The first-order valence-corrected chi connectivity index (χ1v) is 3.38. The summed E-state index contributed by atoms with van der Waals surface area (Å²) < 4.78 is 12.8. The number of hydrogen-bond donors (Lipinski definition) is 1. The van der Waals surface area contributed by atoms with Gasteiger partial charge in [0.15, 0.2) is 0 Å². The van der Waals surface area contributed by atoms with Gasteiger partial charge in [0.05, 0.1) is 17.7 Å². The fourth-order valence-electron chi connectivity index (χ4n) is 0.834. The summed E-state index contributed by atoms with van der Waals surface area (Å²) in [6, 6.07) is 3.39. The van der Waals surface area contributed by atoms with Crippen LogP contribution < -0.4 is 5.48 Å². The number of halogens is 1. The van der Waals surface area contributed by atoms with E-state index >= 15 is 0 Å². The summed E-state index contributed by atoms with van der Waals surface area (Å²) in [6.07, 6.45) is 0. The molecule has 0 saturated carbocycles. The Kier molecular flexibility index (Phi) is 2.76. The summed E-state index contributed by atoms with van der Waals surface area (Å²) in [6.45, 7) is 0. The molecule has 1 rings (SSSR count). The number of hydrogen-bond acceptors (Lipinski definition) is 4. The first-order chi connectivity index (χ1) is 6.15. The van der Waals surface area contributed by atoms with Crippen molar-refractivity contribution in [3.05, 3.63) is 34.1 Å². The van der Waals surface area contributed by atoms with E-state index in [1.54, 1.807) is 0 Å². The molecule has 0 aromatic heterocycles. The molecular weight excluding hydrogens is 179 g/mol. The SMILES string of the molecule is CONc1ccc(F)c([N+](=O)[O-])c1. The highest BCUT2D eigenvalue weighted by Gasteiger charge is 2.13. The van der Waals surface area contributed by atoms with Gasteiger partial charge in [-0.2, -0.15) is 4.39 Å². The van der Waals surface area contributed by atoms with Crippen molar-refractivity contribution in [3.63, 3.8) is 0 Å². The molecule has 13 heavy (non-hydrogen) atoms. The molecule has 0 saturated heterocycles. The van der Waals surface area contributed by atoms with Crippen molar-refractivity contribution in [2.45, 2.75) is 0 Å². The van der Waals surface area contributed by atoms with Gasteiger partial charge in [-0.05, 0) is 12.1 Å². The first kappa shape index (κ1) is 9.40. The molecule has 0 amide bonds. The Morgan fingerprint density at radius 2 is 2.31 bits per heavy atom. The van der Waals surface area contributed by atoms with Crippen LogP contribution in [0.25, 0.3) is 0 Å². The van der Waals surface area contributed by atoms with Crippen molar-refractivity contribution >= 4 is 11.4 Å². The summed E-state index contributed by atoms with van der Waals surface area (Å²) in [7, 11) is 1.36. The third kappa shape index (κ3) is 2.12. The van der Waals surface area contributed by atoms with Crippen molar-refractivity contribution in [2.75, 3.05) is 12.6 Å². The maximum absolute atomic E-state index is 12.8. The van der Waals surface area contributed by atoms with E-state index in [1.165, 1.54) is 13.2 Å². The number of nitro benzene ring substituents is 1. The molecule has 1 aromatic rings. The first-order valence-electron chi connectivity index (χ1n) is 3.38. The number of rotatable bonds is 3. The van der Waals surface area contributed by atoms with Crippen molar-refractivity contribution in [1.82, 2.24) is 0 Å². The van der Waals surface area contributed by atoms with E-state index < -0.39 is 16.4 Å². The molecule has 1 N–H and O–H groups in total. The molecule has 0 atom stereocenters. The van der Waals surface area contributed by atoms with E-state index in [1.807, 2.05) is 0 Å². The second kappa shape index (κ2) is 3.81. The average molecular weight is 186 g/mol. The fourth-order valence-corrected chi connectivity index (χ4v) is 0.834. The van der Waals surface area contributed by atoms with Crippen molar-refractivity contribution in [3.8, 4) is 0 Å². The van der Waals surface area contributed by atoms with E-state index in [0.717, 1.165) is 12.1 Å². The van der Waals surface area contributed by atoms with Crippen LogP contribution in [0.15, 0.2) is 18.2 Å². The van der Waals surface area contributed by atoms with E-state index in [0.29, 0.717) is 5.69 Å². The molecule has 0 aliphatic rings. The largest absolute Gasteiger partial charge is 0.306 e. The zero-order valence-corrected chi connectivity index (χ0v) is 6.78. The van der Waals surface area contributed by atoms with Crippen LogP contribution in [0.2, 0.25) is 0 Å². The Labute approximate surface area is 73.2 Å². The topological polar surface area (TPSA) is 64.4 Å². The van der Waals surface area contributed by atoms with E-state index in [9.17, 15) is 14.5 Å². The van der Waals surface area contributed by atoms with Crippen LogP contribution in [-0.4, -0.2) is 12.0 Å². The van der Waals surface area contributed by atoms with Gasteiger partial charge in [-0.3, -0.25) is 20.4 Å². The monoisotopic (exact) mass is 186 g/mol. The van der Waals surface area contributed by atoms with Gasteiger partial charge in [-0.15, -0.1) is 0 Å². The minimum atomic E-state index is -0.869. The standard InChI is InChI=1S/C7H7FN2O3/c1-13-9-5-2-3-6(8)7(4-5)10(11)12/h2-4,9H,1H3. The van der Waals surface area contributed by atoms with E-state index in [-0.39, 0.29) is 0 Å². The molecule has 0 radical (unpaired) electrons. The number of nitro groups is 1. The number of benzene rings is 1. The average Bonchev–Trinajstić information content (AvgIpc) is 2.08. The molecule has 6 heteroatoms. The fraction of sp³-hybridized carbons (Fsp3) is 0.143. The quantitative estimate of drug-likeness (QED) is 0.576. The minimum absolute atomic E-state index is 0.329. The van der Waals surface area contributed by atoms with Crippen molar-refractivity contribution in [2.24, 2.45) is 0 Å². The predicted molar refractivity (Wildman–Crippen MR) is 43.7 cm³/mol. The van der Waals surface area contributed by atoms with Crippen LogP contribution >= 0.6 is 0 Å². The van der Waals surface area contributed by atoms with Crippen molar-refractivity contribution in [1.29, 1.82) is 0 Å². The molecule has 70 valence electrons.